The van der Waals surface area contributed by atoms with Crippen molar-refractivity contribution in [1.82, 2.24) is 15.2 Å². The monoisotopic (exact) mass is 349 g/mol. The van der Waals surface area contributed by atoms with Gasteiger partial charge >= 0.3 is 0 Å². The molecule has 2 aromatic rings. The van der Waals surface area contributed by atoms with Crippen molar-refractivity contribution < 1.29 is 13.2 Å². The Morgan fingerprint density at radius 2 is 2.08 bits per heavy atom. The van der Waals surface area contributed by atoms with Crippen LogP contribution in [0.5, 0.6) is 5.75 Å². The Balaban J connectivity index is 1.58. The lowest BCUT2D eigenvalue weighted by molar-refractivity contribution is 0.414. The van der Waals surface area contributed by atoms with Crippen molar-refractivity contribution in [3.05, 3.63) is 36.0 Å². The summed E-state index contributed by atoms with van der Waals surface area (Å²) >= 11 is 0. The fourth-order valence-electron chi connectivity index (χ4n) is 2.49. The molecule has 1 aliphatic rings. The van der Waals surface area contributed by atoms with E-state index in [2.05, 4.69) is 25.8 Å². The average Bonchev–Trinajstić information content (AvgIpc) is 2.92. The van der Waals surface area contributed by atoms with Gasteiger partial charge in [0.25, 0.3) is 0 Å². The molecule has 24 heavy (non-hydrogen) atoms. The maximum absolute atomic E-state index is 11.5. The number of anilines is 2. The molecule has 1 aromatic carbocycles. The van der Waals surface area contributed by atoms with Gasteiger partial charge in [0.2, 0.25) is 5.95 Å². The summed E-state index contributed by atoms with van der Waals surface area (Å²) in [5.41, 5.74) is 1.06. The summed E-state index contributed by atoms with van der Waals surface area (Å²) in [6, 6.07) is 7.54. The van der Waals surface area contributed by atoms with Crippen LogP contribution in [-0.2, 0) is 16.4 Å². The third-order valence-electron chi connectivity index (χ3n) is 3.75. The molecule has 1 fully saturated rings. The van der Waals surface area contributed by atoms with Crippen LogP contribution in [0.2, 0.25) is 0 Å². The largest absolute Gasteiger partial charge is 0.497 e. The molecule has 0 spiro atoms. The Hall–Kier alpha value is -2.42. The molecule has 1 saturated heterocycles. The zero-order valence-corrected chi connectivity index (χ0v) is 14.1. The van der Waals surface area contributed by atoms with Crippen molar-refractivity contribution in [3.8, 4) is 5.75 Å². The number of nitrogens with one attached hydrogen (secondary N) is 2. The van der Waals surface area contributed by atoms with E-state index in [9.17, 15) is 8.42 Å². The molecule has 2 N–H and O–H groups in total. The SMILES string of the molecule is COc1ccc(CNc2nncc(NC3CCS(=O)(=O)C3)n2)cc1. The number of hydrogen-bond acceptors (Lipinski definition) is 8. The molecular weight excluding hydrogens is 330 g/mol. The van der Waals surface area contributed by atoms with E-state index in [4.69, 9.17) is 4.74 Å². The van der Waals surface area contributed by atoms with Gasteiger partial charge in [0.15, 0.2) is 15.7 Å². The summed E-state index contributed by atoms with van der Waals surface area (Å²) in [7, 11) is -1.30. The number of sulfone groups is 1. The Morgan fingerprint density at radius 1 is 1.29 bits per heavy atom. The van der Waals surface area contributed by atoms with Crippen molar-refractivity contribution in [2.45, 2.75) is 19.0 Å². The molecule has 0 bridgehead atoms. The third-order valence-corrected chi connectivity index (χ3v) is 5.52. The van der Waals surface area contributed by atoms with Gasteiger partial charge in [-0.15, -0.1) is 5.10 Å². The molecule has 8 nitrogen and oxygen atoms in total. The van der Waals surface area contributed by atoms with Crippen LogP contribution in [0.4, 0.5) is 11.8 Å². The van der Waals surface area contributed by atoms with Gasteiger partial charge in [-0.2, -0.15) is 10.1 Å². The number of ether oxygens (including phenoxy) is 1. The number of rotatable bonds is 6. The molecule has 1 unspecified atom stereocenters. The smallest absolute Gasteiger partial charge is 0.244 e. The first-order chi connectivity index (χ1) is 11.5. The summed E-state index contributed by atoms with van der Waals surface area (Å²) < 4.78 is 28.1. The van der Waals surface area contributed by atoms with Crippen LogP contribution in [0, 0.1) is 0 Å². The lowest BCUT2D eigenvalue weighted by Gasteiger charge is -2.12. The van der Waals surface area contributed by atoms with Gasteiger partial charge in [-0.1, -0.05) is 12.1 Å². The molecule has 3 rings (SSSR count). The fourth-order valence-corrected chi connectivity index (χ4v) is 4.16. The number of aromatic nitrogens is 3. The van der Waals surface area contributed by atoms with E-state index in [0.29, 0.717) is 24.7 Å². The second-order valence-electron chi connectivity index (χ2n) is 5.61. The van der Waals surface area contributed by atoms with E-state index < -0.39 is 9.84 Å². The highest BCUT2D eigenvalue weighted by atomic mass is 32.2. The van der Waals surface area contributed by atoms with E-state index in [1.165, 1.54) is 6.20 Å². The van der Waals surface area contributed by atoms with Gasteiger partial charge in [-0.25, -0.2) is 8.42 Å². The van der Waals surface area contributed by atoms with Crippen LogP contribution in [0.15, 0.2) is 30.5 Å². The highest BCUT2D eigenvalue weighted by molar-refractivity contribution is 7.91. The topological polar surface area (TPSA) is 106 Å². The van der Waals surface area contributed by atoms with Crippen molar-refractivity contribution in [3.63, 3.8) is 0 Å². The van der Waals surface area contributed by atoms with Crippen LogP contribution in [-0.4, -0.2) is 48.3 Å². The van der Waals surface area contributed by atoms with Crippen molar-refractivity contribution in [1.29, 1.82) is 0 Å². The molecule has 0 aliphatic carbocycles. The highest BCUT2D eigenvalue weighted by Crippen LogP contribution is 2.16. The molecule has 0 radical (unpaired) electrons. The zero-order valence-electron chi connectivity index (χ0n) is 13.3. The molecule has 1 aliphatic heterocycles. The van der Waals surface area contributed by atoms with Gasteiger partial charge in [-0.05, 0) is 24.1 Å². The Kier molecular flexibility index (Phi) is 4.79. The van der Waals surface area contributed by atoms with Gasteiger partial charge in [0, 0.05) is 12.6 Å². The second-order valence-corrected chi connectivity index (χ2v) is 7.84. The van der Waals surface area contributed by atoms with Crippen LogP contribution >= 0.6 is 0 Å². The third kappa shape index (κ3) is 4.31. The van der Waals surface area contributed by atoms with Crippen LogP contribution in [0.25, 0.3) is 0 Å². The summed E-state index contributed by atoms with van der Waals surface area (Å²) in [4.78, 5) is 4.32. The maximum atomic E-state index is 11.5. The van der Waals surface area contributed by atoms with Crippen LogP contribution < -0.4 is 15.4 Å². The predicted molar refractivity (Wildman–Crippen MR) is 90.8 cm³/mol. The van der Waals surface area contributed by atoms with E-state index in [1.54, 1.807) is 7.11 Å². The summed E-state index contributed by atoms with van der Waals surface area (Å²) in [6.07, 6.45) is 2.07. The Bertz CT molecular complexity index is 795. The number of benzene rings is 1. The van der Waals surface area contributed by atoms with Gasteiger partial charge in [-0.3, -0.25) is 0 Å². The number of hydrogen-bond donors (Lipinski definition) is 2. The summed E-state index contributed by atoms with van der Waals surface area (Å²) in [5, 5.41) is 14.0. The molecule has 128 valence electrons. The molecule has 1 atom stereocenters. The normalized spacial score (nSPS) is 19.0. The van der Waals surface area contributed by atoms with Crippen molar-refractivity contribution >= 4 is 21.6 Å². The Labute approximate surface area is 140 Å². The number of nitrogens with zero attached hydrogens (tertiary/aromatic N) is 3. The maximum Gasteiger partial charge on any atom is 0.244 e. The minimum atomic E-state index is -2.93. The highest BCUT2D eigenvalue weighted by Gasteiger charge is 2.28. The lowest BCUT2D eigenvalue weighted by Crippen LogP contribution is -2.21. The number of methoxy groups -OCH3 is 1. The van der Waals surface area contributed by atoms with Crippen molar-refractivity contribution in [2.24, 2.45) is 0 Å². The molecule has 9 heteroatoms. The van der Waals surface area contributed by atoms with Gasteiger partial charge < -0.3 is 15.4 Å². The second kappa shape index (κ2) is 7.00. The standard InChI is InChI=1S/C15H19N5O3S/c1-23-13-4-2-11(3-5-13)8-16-15-19-14(9-17-20-15)18-12-6-7-24(21,22)10-12/h2-5,9,12H,6-8,10H2,1H3,(H2,16,18,19,20). The minimum Gasteiger partial charge on any atom is -0.497 e. The first-order valence-electron chi connectivity index (χ1n) is 7.57. The molecular formula is C15H19N5O3S. The summed E-state index contributed by atoms with van der Waals surface area (Å²) in [6.45, 7) is 0.549. The minimum absolute atomic E-state index is 0.124. The van der Waals surface area contributed by atoms with E-state index in [0.717, 1.165) is 11.3 Å². The van der Waals surface area contributed by atoms with E-state index in [-0.39, 0.29) is 17.5 Å². The van der Waals surface area contributed by atoms with E-state index >= 15 is 0 Å². The zero-order chi connectivity index (χ0) is 17.0. The lowest BCUT2D eigenvalue weighted by atomic mass is 10.2. The molecule has 1 aromatic heterocycles. The molecule has 0 amide bonds. The fraction of sp³-hybridized carbons (Fsp3) is 0.400. The van der Waals surface area contributed by atoms with Gasteiger partial charge in [0.05, 0.1) is 24.8 Å². The quantitative estimate of drug-likeness (QED) is 0.798. The van der Waals surface area contributed by atoms with Gasteiger partial charge in [0.1, 0.15) is 5.75 Å². The first kappa shape index (κ1) is 16.4. The predicted octanol–water partition coefficient (Wildman–Crippen LogP) is 1.09. The van der Waals surface area contributed by atoms with Crippen LogP contribution in [0.1, 0.15) is 12.0 Å². The first-order valence-corrected chi connectivity index (χ1v) is 9.40. The Morgan fingerprint density at radius 3 is 2.75 bits per heavy atom. The summed E-state index contributed by atoms with van der Waals surface area (Å²) in [5.74, 6) is 2.05. The van der Waals surface area contributed by atoms with Crippen molar-refractivity contribution in [2.75, 3.05) is 29.2 Å². The molecule has 2 heterocycles. The molecule has 0 saturated carbocycles. The van der Waals surface area contributed by atoms with E-state index in [1.807, 2.05) is 24.3 Å². The average molecular weight is 349 g/mol. The van der Waals surface area contributed by atoms with Crippen LogP contribution in [0.3, 0.4) is 0 Å².